The largest absolute Gasteiger partial charge is 0.504 e. The Morgan fingerprint density at radius 1 is 0.750 bits per heavy atom. The summed E-state index contributed by atoms with van der Waals surface area (Å²) in [6, 6.07) is 9.92. The molecule has 0 unspecified atom stereocenters. The van der Waals surface area contributed by atoms with Crippen LogP contribution in [0.2, 0.25) is 0 Å². The summed E-state index contributed by atoms with van der Waals surface area (Å²) in [7, 11) is 0. The van der Waals surface area contributed by atoms with Crippen molar-refractivity contribution < 1.29 is 10.2 Å². The van der Waals surface area contributed by atoms with Crippen LogP contribution in [0.4, 0.5) is 0 Å². The van der Waals surface area contributed by atoms with E-state index in [1.807, 2.05) is 19.1 Å². The lowest BCUT2D eigenvalue weighted by molar-refractivity contribution is 0.404. The van der Waals surface area contributed by atoms with E-state index in [0.717, 1.165) is 36.0 Å². The van der Waals surface area contributed by atoms with Crippen LogP contribution >= 0.6 is 0 Å². The second kappa shape index (κ2) is 6.00. The van der Waals surface area contributed by atoms with Crippen molar-refractivity contribution in [1.29, 1.82) is 0 Å². The fourth-order valence-electron chi connectivity index (χ4n) is 2.51. The van der Waals surface area contributed by atoms with E-state index in [1.54, 1.807) is 6.07 Å². The van der Waals surface area contributed by atoms with Gasteiger partial charge in [0.05, 0.1) is 0 Å². The molecule has 0 radical (unpaired) electrons. The highest BCUT2D eigenvalue weighted by Gasteiger charge is 2.13. The predicted molar refractivity (Wildman–Crippen MR) is 83.3 cm³/mol. The lowest BCUT2D eigenvalue weighted by Crippen LogP contribution is -1.93. The van der Waals surface area contributed by atoms with E-state index in [9.17, 15) is 10.2 Å². The maximum absolute atomic E-state index is 10.2. The second-order valence-corrected chi connectivity index (χ2v) is 5.06. The molecule has 0 aliphatic rings. The van der Waals surface area contributed by atoms with Gasteiger partial charge in [0, 0.05) is 5.56 Å². The van der Waals surface area contributed by atoms with Gasteiger partial charge in [0.2, 0.25) is 0 Å². The lowest BCUT2D eigenvalue weighted by atomic mass is 9.93. The molecule has 0 aliphatic carbocycles. The van der Waals surface area contributed by atoms with E-state index < -0.39 is 0 Å². The molecule has 0 aliphatic heterocycles. The molecule has 0 saturated carbocycles. The fourth-order valence-corrected chi connectivity index (χ4v) is 2.51. The van der Waals surface area contributed by atoms with Crippen molar-refractivity contribution in [1.82, 2.24) is 0 Å². The van der Waals surface area contributed by atoms with E-state index in [0.29, 0.717) is 0 Å². The van der Waals surface area contributed by atoms with E-state index in [-0.39, 0.29) is 11.5 Å². The first-order valence-corrected chi connectivity index (χ1v) is 7.27. The van der Waals surface area contributed by atoms with Gasteiger partial charge in [0.15, 0.2) is 11.5 Å². The molecule has 2 heteroatoms. The van der Waals surface area contributed by atoms with Gasteiger partial charge in [0.25, 0.3) is 0 Å². The van der Waals surface area contributed by atoms with Crippen molar-refractivity contribution in [3.63, 3.8) is 0 Å². The molecule has 20 heavy (non-hydrogen) atoms. The maximum Gasteiger partial charge on any atom is 0.165 e. The zero-order chi connectivity index (χ0) is 14.7. The number of hydrogen-bond donors (Lipinski definition) is 2. The van der Waals surface area contributed by atoms with Crippen molar-refractivity contribution in [3.05, 3.63) is 47.0 Å². The van der Waals surface area contributed by atoms with Gasteiger partial charge in [-0.1, -0.05) is 39.0 Å². The van der Waals surface area contributed by atoms with E-state index >= 15 is 0 Å². The normalized spacial score (nSPS) is 10.8. The summed E-state index contributed by atoms with van der Waals surface area (Å²) in [5, 5.41) is 20.1. The Labute approximate surface area is 120 Å². The first kappa shape index (κ1) is 14.4. The molecule has 0 bridgehead atoms. The molecular weight excluding hydrogens is 248 g/mol. The Morgan fingerprint density at radius 2 is 1.45 bits per heavy atom. The lowest BCUT2D eigenvalue weighted by Gasteiger charge is -2.14. The number of hydrogen-bond acceptors (Lipinski definition) is 2. The van der Waals surface area contributed by atoms with Crippen molar-refractivity contribution in [2.24, 2.45) is 0 Å². The minimum atomic E-state index is -0.0408. The molecule has 2 rings (SSSR count). The van der Waals surface area contributed by atoms with E-state index in [4.69, 9.17) is 0 Å². The Kier molecular flexibility index (Phi) is 4.33. The highest BCUT2D eigenvalue weighted by atomic mass is 16.3. The Balaban J connectivity index is 2.64. The summed E-state index contributed by atoms with van der Waals surface area (Å²) in [5.74, 6) is -0.0675. The summed E-state index contributed by atoms with van der Waals surface area (Å²) in [6.07, 6.45) is 2.73. The second-order valence-electron chi connectivity index (χ2n) is 5.06. The van der Waals surface area contributed by atoms with Crippen molar-refractivity contribution in [3.8, 4) is 22.6 Å². The third-order valence-electron chi connectivity index (χ3n) is 3.81. The smallest absolute Gasteiger partial charge is 0.165 e. The number of phenols is 2. The molecule has 0 aromatic heterocycles. The van der Waals surface area contributed by atoms with Gasteiger partial charge in [-0.15, -0.1) is 0 Å². The molecule has 0 heterocycles. The number of rotatable bonds is 4. The standard InChI is InChI=1S/C18H22O2/c1-4-12-7-8-15(14(6-3)9-12)16-10-13(5-2)11-17(19)18(16)20/h7-11,19-20H,4-6H2,1-3H3. The van der Waals surface area contributed by atoms with Gasteiger partial charge in [-0.05, 0) is 53.6 Å². The van der Waals surface area contributed by atoms with Crippen LogP contribution in [0.3, 0.4) is 0 Å². The predicted octanol–water partition coefficient (Wildman–Crippen LogP) is 4.45. The molecule has 0 spiro atoms. The van der Waals surface area contributed by atoms with Crippen LogP contribution in [0.25, 0.3) is 11.1 Å². The number of aromatic hydroxyl groups is 2. The van der Waals surface area contributed by atoms with Gasteiger partial charge in [-0.2, -0.15) is 0 Å². The van der Waals surface area contributed by atoms with Crippen molar-refractivity contribution >= 4 is 0 Å². The molecule has 0 amide bonds. The number of benzene rings is 2. The summed E-state index contributed by atoms with van der Waals surface area (Å²) < 4.78 is 0. The SMILES string of the molecule is CCc1ccc(-c2cc(CC)cc(O)c2O)c(CC)c1. The highest BCUT2D eigenvalue weighted by molar-refractivity contribution is 5.76. The number of phenolic OH excluding ortho intramolecular Hbond substituents is 2. The van der Waals surface area contributed by atoms with Crippen LogP contribution in [0.1, 0.15) is 37.5 Å². The molecule has 2 aromatic rings. The highest BCUT2D eigenvalue weighted by Crippen LogP contribution is 2.39. The topological polar surface area (TPSA) is 40.5 Å². The zero-order valence-electron chi connectivity index (χ0n) is 12.4. The van der Waals surface area contributed by atoms with Crippen LogP contribution in [0.15, 0.2) is 30.3 Å². The quantitative estimate of drug-likeness (QED) is 0.806. The summed E-state index contributed by atoms with van der Waals surface area (Å²) in [4.78, 5) is 0. The summed E-state index contributed by atoms with van der Waals surface area (Å²) in [6.45, 7) is 6.28. The van der Waals surface area contributed by atoms with Crippen LogP contribution in [-0.4, -0.2) is 10.2 Å². The van der Waals surface area contributed by atoms with Gasteiger partial charge < -0.3 is 10.2 Å². The van der Waals surface area contributed by atoms with Crippen LogP contribution < -0.4 is 0 Å². The van der Waals surface area contributed by atoms with E-state index in [1.165, 1.54) is 11.1 Å². The first-order chi connectivity index (χ1) is 9.60. The first-order valence-electron chi connectivity index (χ1n) is 7.27. The minimum Gasteiger partial charge on any atom is -0.504 e. The van der Waals surface area contributed by atoms with Gasteiger partial charge in [-0.25, -0.2) is 0 Å². The van der Waals surface area contributed by atoms with Crippen LogP contribution in [0.5, 0.6) is 11.5 Å². The summed E-state index contributed by atoms with van der Waals surface area (Å²) in [5.41, 5.74) is 5.25. The average Bonchev–Trinajstić information content (AvgIpc) is 2.49. The molecule has 2 N–H and O–H groups in total. The molecule has 106 valence electrons. The van der Waals surface area contributed by atoms with Gasteiger partial charge >= 0.3 is 0 Å². The third-order valence-corrected chi connectivity index (χ3v) is 3.81. The van der Waals surface area contributed by atoms with Gasteiger partial charge in [-0.3, -0.25) is 0 Å². The molecular formula is C18H22O2. The maximum atomic E-state index is 10.2. The van der Waals surface area contributed by atoms with Crippen molar-refractivity contribution in [2.45, 2.75) is 40.0 Å². The van der Waals surface area contributed by atoms with E-state index in [2.05, 4.69) is 26.0 Å². The fraction of sp³-hybridized carbons (Fsp3) is 0.333. The monoisotopic (exact) mass is 270 g/mol. The van der Waals surface area contributed by atoms with Crippen molar-refractivity contribution in [2.75, 3.05) is 0 Å². The Bertz CT molecular complexity index is 615. The Hall–Kier alpha value is -1.96. The van der Waals surface area contributed by atoms with Crippen LogP contribution in [0, 0.1) is 0 Å². The molecule has 2 nitrogen and oxygen atoms in total. The Morgan fingerprint density at radius 3 is 2.05 bits per heavy atom. The molecule has 0 fully saturated rings. The van der Waals surface area contributed by atoms with Gasteiger partial charge in [0.1, 0.15) is 0 Å². The average molecular weight is 270 g/mol. The summed E-state index contributed by atoms with van der Waals surface area (Å²) >= 11 is 0. The van der Waals surface area contributed by atoms with Crippen LogP contribution in [-0.2, 0) is 19.3 Å². The third kappa shape index (κ3) is 2.64. The molecule has 0 atom stereocenters. The number of aryl methyl sites for hydroxylation is 3. The zero-order valence-corrected chi connectivity index (χ0v) is 12.4. The minimum absolute atomic E-state index is 0.0267. The molecule has 2 aromatic carbocycles. The molecule has 0 saturated heterocycles.